The molecule has 124 valence electrons. The van der Waals surface area contributed by atoms with Crippen molar-refractivity contribution in [3.05, 3.63) is 29.8 Å². The minimum Gasteiger partial charge on any atom is -0.545 e. The average Bonchev–Trinajstić information content (AvgIpc) is 3.01. The number of carboxylic acids is 1. The topological polar surface area (TPSA) is 94.6 Å². The lowest BCUT2D eigenvalue weighted by Crippen LogP contribution is -2.40. The number of carbonyl (C=O) groups excluding carboxylic acids is 4. The molecule has 2 bridgehead atoms. The molecule has 1 aromatic rings. The maximum Gasteiger partial charge on any atom is 0.238 e. The van der Waals surface area contributed by atoms with E-state index in [4.69, 9.17) is 0 Å². The fourth-order valence-electron chi connectivity index (χ4n) is 5.09. The van der Waals surface area contributed by atoms with E-state index >= 15 is 0 Å². The van der Waals surface area contributed by atoms with E-state index in [-0.39, 0.29) is 23.2 Å². The van der Waals surface area contributed by atoms with Gasteiger partial charge < -0.3 is 9.90 Å². The van der Waals surface area contributed by atoms with E-state index in [9.17, 15) is 24.3 Å². The van der Waals surface area contributed by atoms with Crippen molar-refractivity contribution >= 4 is 29.3 Å². The van der Waals surface area contributed by atoms with Gasteiger partial charge in [0.1, 0.15) is 5.78 Å². The number of anilines is 1. The molecule has 1 aromatic carbocycles. The van der Waals surface area contributed by atoms with Crippen LogP contribution < -0.4 is 10.0 Å². The van der Waals surface area contributed by atoms with Gasteiger partial charge in [0.05, 0.1) is 23.5 Å². The normalized spacial score (nSPS) is 37.2. The lowest BCUT2D eigenvalue weighted by Gasteiger charge is -2.30. The maximum atomic E-state index is 12.9. The van der Waals surface area contributed by atoms with Gasteiger partial charge in [-0.3, -0.25) is 19.3 Å². The van der Waals surface area contributed by atoms with Crippen LogP contribution in [0.5, 0.6) is 0 Å². The number of ketones is 1. The molecular weight excluding hydrogens is 310 g/mol. The number of fused-ring (bicyclic) bond motifs is 5. The van der Waals surface area contributed by atoms with Crippen molar-refractivity contribution in [1.82, 2.24) is 0 Å². The molecule has 1 heterocycles. The SMILES string of the molecule is C[C@]12CC(=O)[C@](C)(C1)[C@H]1C(=O)N(c3ccc(C(=O)[O-])cc3)C(=O)[C@@H]12. The van der Waals surface area contributed by atoms with Crippen molar-refractivity contribution in [3.8, 4) is 0 Å². The van der Waals surface area contributed by atoms with Crippen LogP contribution in [0.25, 0.3) is 0 Å². The number of benzene rings is 1. The summed E-state index contributed by atoms with van der Waals surface area (Å²) >= 11 is 0. The summed E-state index contributed by atoms with van der Waals surface area (Å²) in [4.78, 5) is 50.2. The number of carbonyl (C=O) groups is 4. The van der Waals surface area contributed by atoms with Crippen LogP contribution in [0.4, 0.5) is 5.69 Å². The summed E-state index contributed by atoms with van der Waals surface area (Å²) in [5.74, 6) is -3.00. The summed E-state index contributed by atoms with van der Waals surface area (Å²) in [6.07, 6.45) is 0.907. The number of rotatable bonds is 2. The Hall–Kier alpha value is -2.50. The van der Waals surface area contributed by atoms with E-state index < -0.39 is 28.6 Å². The summed E-state index contributed by atoms with van der Waals surface area (Å²) in [5, 5.41) is 10.8. The first-order valence-corrected chi connectivity index (χ1v) is 7.92. The Labute approximate surface area is 138 Å². The molecule has 0 N–H and O–H groups in total. The van der Waals surface area contributed by atoms with Crippen LogP contribution in [-0.2, 0) is 14.4 Å². The molecule has 0 unspecified atom stereocenters. The smallest absolute Gasteiger partial charge is 0.238 e. The molecule has 3 aliphatic rings. The third-order valence-corrected chi connectivity index (χ3v) is 6.08. The van der Waals surface area contributed by atoms with E-state index in [1.165, 1.54) is 24.3 Å². The third kappa shape index (κ3) is 1.60. The second-order valence-corrected chi connectivity index (χ2v) is 7.65. The number of amides is 2. The molecule has 0 spiro atoms. The van der Waals surface area contributed by atoms with Gasteiger partial charge in [-0.25, -0.2) is 0 Å². The van der Waals surface area contributed by atoms with E-state index in [1.54, 1.807) is 6.92 Å². The van der Waals surface area contributed by atoms with Crippen molar-refractivity contribution in [2.45, 2.75) is 26.7 Å². The molecule has 2 aliphatic carbocycles. The number of nitrogens with zero attached hydrogens (tertiary/aromatic N) is 1. The van der Waals surface area contributed by atoms with E-state index in [1.807, 2.05) is 6.92 Å². The van der Waals surface area contributed by atoms with Crippen molar-refractivity contribution < 1.29 is 24.3 Å². The van der Waals surface area contributed by atoms with Gasteiger partial charge in [-0.1, -0.05) is 26.0 Å². The van der Waals surface area contributed by atoms with Gasteiger partial charge in [0, 0.05) is 11.8 Å². The van der Waals surface area contributed by atoms with Crippen molar-refractivity contribution in [2.24, 2.45) is 22.7 Å². The van der Waals surface area contributed by atoms with Gasteiger partial charge in [-0.2, -0.15) is 0 Å². The van der Waals surface area contributed by atoms with Crippen molar-refractivity contribution in [3.63, 3.8) is 0 Å². The molecule has 0 radical (unpaired) electrons. The zero-order valence-corrected chi connectivity index (χ0v) is 13.4. The van der Waals surface area contributed by atoms with Gasteiger partial charge >= 0.3 is 0 Å². The minimum atomic E-state index is -1.32. The fourth-order valence-corrected chi connectivity index (χ4v) is 5.09. The number of hydrogen-bond acceptors (Lipinski definition) is 5. The first kappa shape index (κ1) is 15.1. The van der Waals surface area contributed by atoms with Crippen LogP contribution in [0.1, 0.15) is 37.0 Å². The highest BCUT2D eigenvalue weighted by Crippen LogP contribution is 2.67. The first-order chi connectivity index (χ1) is 11.2. The standard InChI is InChI=1S/C18H17NO5/c1-17-7-11(20)18(2,8-17)13-12(17)14(21)19(15(13)22)10-5-3-9(4-6-10)16(23)24/h3-6,12-13H,7-8H2,1-2H3,(H,23,24)/p-1/t12-,13-,17+,18+/m1/s1. The maximum absolute atomic E-state index is 12.9. The lowest BCUT2D eigenvalue weighted by atomic mass is 9.68. The number of carboxylic acid groups (broad SMARTS) is 1. The molecule has 6 heteroatoms. The van der Waals surface area contributed by atoms with Gasteiger partial charge in [0.2, 0.25) is 11.8 Å². The van der Waals surface area contributed by atoms with E-state index in [2.05, 4.69) is 0 Å². The Balaban J connectivity index is 1.76. The number of aromatic carboxylic acids is 1. The predicted molar refractivity (Wildman–Crippen MR) is 80.7 cm³/mol. The molecule has 6 nitrogen and oxygen atoms in total. The highest BCUT2D eigenvalue weighted by atomic mass is 16.4. The number of imide groups is 1. The van der Waals surface area contributed by atoms with Crippen LogP contribution in [-0.4, -0.2) is 23.6 Å². The number of Topliss-reactive ketones (excluding diaryl/α,β-unsaturated/α-hetero) is 1. The third-order valence-electron chi connectivity index (χ3n) is 6.08. The second kappa shape index (κ2) is 4.32. The Morgan fingerprint density at radius 1 is 1.08 bits per heavy atom. The number of hydrogen-bond donors (Lipinski definition) is 0. The Morgan fingerprint density at radius 2 is 1.67 bits per heavy atom. The Kier molecular flexibility index (Phi) is 2.71. The molecule has 3 fully saturated rings. The molecule has 1 saturated heterocycles. The molecule has 2 saturated carbocycles. The molecule has 4 atom stereocenters. The van der Waals surface area contributed by atoms with E-state index in [0.717, 1.165) is 4.90 Å². The van der Waals surface area contributed by atoms with Gasteiger partial charge in [0.25, 0.3) is 0 Å². The highest BCUT2D eigenvalue weighted by molar-refractivity contribution is 6.24. The van der Waals surface area contributed by atoms with Crippen molar-refractivity contribution in [2.75, 3.05) is 4.90 Å². The summed E-state index contributed by atoms with van der Waals surface area (Å²) < 4.78 is 0. The Bertz CT molecular complexity index is 813. The minimum absolute atomic E-state index is 0.0211. The van der Waals surface area contributed by atoms with Crippen LogP contribution in [0.3, 0.4) is 0 Å². The molecule has 4 rings (SSSR count). The van der Waals surface area contributed by atoms with Crippen LogP contribution >= 0.6 is 0 Å². The lowest BCUT2D eigenvalue weighted by molar-refractivity contribution is -0.255. The predicted octanol–water partition coefficient (Wildman–Crippen LogP) is 0.545. The molecule has 0 aromatic heterocycles. The Morgan fingerprint density at radius 3 is 2.25 bits per heavy atom. The van der Waals surface area contributed by atoms with E-state index in [0.29, 0.717) is 18.5 Å². The largest absolute Gasteiger partial charge is 0.545 e. The monoisotopic (exact) mass is 326 g/mol. The quantitative estimate of drug-likeness (QED) is 0.740. The second-order valence-electron chi connectivity index (χ2n) is 7.65. The van der Waals surface area contributed by atoms with Gasteiger partial charge in [-0.05, 0) is 29.5 Å². The molecule has 2 amide bonds. The van der Waals surface area contributed by atoms with Gasteiger partial charge in [0.15, 0.2) is 0 Å². The van der Waals surface area contributed by atoms with Crippen molar-refractivity contribution in [1.29, 1.82) is 0 Å². The first-order valence-electron chi connectivity index (χ1n) is 7.92. The fraction of sp³-hybridized carbons (Fsp3) is 0.444. The van der Waals surface area contributed by atoms with Gasteiger partial charge in [-0.15, -0.1) is 0 Å². The summed E-state index contributed by atoms with van der Waals surface area (Å²) in [7, 11) is 0. The summed E-state index contributed by atoms with van der Waals surface area (Å²) in [6.45, 7) is 3.70. The zero-order valence-electron chi connectivity index (χ0n) is 13.4. The molecule has 24 heavy (non-hydrogen) atoms. The molecular formula is C18H16NO5-. The zero-order chi connectivity index (χ0) is 17.4. The molecule has 1 aliphatic heterocycles. The summed E-state index contributed by atoms with van der Waals surface area (Å²) in [6, 6.07) is 5.47. The average molecular weight is 326 g/mol. The van der Waals surface area contributed by atoms with Crippen LogP contribution in [0.2, 0.25) is 0 Å². The summed E-state index contributed by atoms with van der Waals surface area (Å²) in [5.41, 5.74) is -0.926. The van der Waals surface area contributed by atoms with Crippen LogP contribution in [0, 0.1) is 22.7 Å². The highest BCUT2D eigenvalue weighted by Gasteiger charge is 2.74. The van der Waals surface area contributed by atoms with Crippen LogP contribution in [0.15, 0.2) is 24.3 Å².